The Morgan fingerprint density at radius 2 is 2.05 bits per heavy atom. The van der Waals surface area contributed by atoms with Crippen LogP contribution in [-0.4, -0.2) is 6.54 Å². The highest BCUT2D eigenvalue weighted by molar-refractivity contribution is 9.11. The van der Waals surface area contributed by atoms with Crippen LogP contribution in [0.3, 0.4) is 0 Å². The molecule has 0 saturated heterocycles. The Bertz CT molecular complexity index is 512. The van der Waals surface area contributed by atoms with Crippen LogP contribution in [-0.2, 0) is 13.2 Å². The summed E-state index contributed by atoms with van der Waals surface area (Å²) in [5.41, 5.74) is 1.21. The first-order valence-corrected chi connectivity index (χ1v) is 8.06. The monoisotopic (exact) mass is 339 g/mol. The van der Waals surface area contributed by atoms with Gasteiger partial charge in [-0.25, -0.2) is 0 Å². The van der Waals surface area contributed by atoms with E-state index in [0.717, 1.165) is 29.0 Å². The Kier molecular flexibility index (Phi) is 5.89. The standard InChI is InChI=1S/C15H18BrNOS/c1-2-9-17-10-12-5-3-4-6-14(12)18-11-13-7-8-15(16)19-13/h3-8,17H,2,9-11H2,1H3. The Hall–Kier alpha value is -0.840. The molecule has 4 heteroatoms. The van der Waals surface area contributed by atoms with E-state index in [1.165, 1.54) is 10.4 Å². The van der Waals surface area contributed by atoms with Crippen molar-refractivity contribution in [2.24, 2.45) is 0 Å². The van der Waals surface area contributed by atoms with Crippen LogP contribution in [0.2, 0.25) is 0 Å². The van der Waals surface area contributed by atoms with Crippen molar-refractivity contribution in [3.05, 3.63) is 50.6 Å². The molecule has 0 unspecified atom stereocenters. The zero-order chi connectivity index (χ0) is 13.5. The lowest BCUT2D eigenvalue weighted by Gasteiger charge is -2.11. The molecule has 0 aliphatic carbocycles. The molecule has 2 nitrogen and oxygen atoms in total. The highest BCUT2D eigenvalue weighted by Crippen LogP contribution is 2.25. The summed E-state index contributed by atoms with van der Waals surface area (Å²) in [7, 11) is 0. The number of rotatable bonds is 7. The van der Waals surface area contributed by atoms with Crippen molar-refractivity contribution < 1.29 is 4.74 Å². The van der Waals surface area contributed by atoms with Crippen LogP contribution in [0.5, 0.6) is 5.75 Å². The highest BCUT2D eigenvalue weighted by atomic mass is 79.9. The predicted octanol–water partition coefficient (Wildman–Crippen LogP) is 4.59. The van der Waals surface area contributed by atoms with E-state index in [2.05, 4.69) is 52.4 Å². The lowest BCUT2D eigenvalue weighted by molar-refractivity contribution is 0.305. The molecule has 0 aliphatic rings. The van der Waals surface area contributed by atoms with Crippen LogP contribution in [0.15, 0.2) is 40.2 Å². The molecule has 1 aromatic heterocycles. The van der Waals surface area contributed by atoms with Crippen molar-refractivity contribution in [2.75, 3.05) is 6.54 Å². The molecule has 2 rings (SSSR count). The van der Waals surface area contributed by atoms with E-state index in [9.17, 15) is 0 Å². The first-order chi connectivity index (χ1) is 9.29. The van der Waals surface area contributed by atoms with Gasteiger partial charge >= 0.3 is 0 Å². The number of thiophene rings is 1. The van der Waals surface area contributed by atoms with Crippen LogP contribution in [0.1, 0.15) is 23.8 Å². The zero-order valence-electron chi connectivity index (χ0n) is 11.0. The molecule has 0 aliphatic heterocycles. The number of para-hydroxylation sites is 1. The van der Waals surface area contributed by atoms with E-state index >= 15 is 0 Å². The van der Waals surface area contributed by atoms with E-state index in [0.29, 0.717) is 6.61 Å². The highest BCUT2D eigenvalue weighted by Gasteiger charge is 2.04. The van der Waals surface area contributed by atoms with E-state index in [1.54, 1.807) is 11.3 Å². The van der Waals surface area contributed by atoms with Gasteiger partial charge in [0.2, 0.25) is 0 Å². The number of nitrogens with one attached hydrogen (secondary N) is 1. The van der Waals surface area contributed by atoms with Crippen molar-refractivity contribution in [2.45, 2.75) is 26.5 Å². The molecule has 0 bridgehead atoms. The van der Waals surface area contributed by atoms with Gasteiger partial charge < -0.3 is 10.1 Å². The molecule has 102 valence electrons. The molecule has 0 amide bonds. The van der Waals surface area contributed by atoms with Crippen LogP contribution in [0, 0.1) is 0 Å². The second kappa shape index (κ2) is 7.68. The number of halogens is 1. The minimum atomic E-state index is 0.626. The molecule has 0 atom stereocenters. The molecule has 1 N–H and O–H groups in total. The maximum absolute atomic E-state index is 5.92. The van der Waals surface area contributed by atoms with Crippen molar-refractivity contribution in [3.8, 4) is 5.75 Å². The predicted molar refractivity (Wildman–Crippen MR) is 84.8 cm³/mol. The van der Waals surface area contributed by atoms with E-state index in [-0.39, 0.29) is 0 Å². The van der Waals surface area contributed by atoms with Crippen molar-refractivity contribution in [1.29, 1.82) is 0 Å². The van der Waals surface area contributed by atoms with Crippen LogP contribution in [0.25, 0.3) is 0 Å². The summed E-state index contributed by atoms with van der Waals surface area (Å²) in [5.74, 6) is 0.968. The van der Waals surface area contributed by atoms with Gasteiger partial charge in [0.1, 0.15) is 12.4 Å². The number of hydrogen-bond acceptors (Lipinski definition) is 3. The lowest BCUT2D eigenvalue weighted by Crippen LogP contribution is -2.14. The maximum Gasteiger partial charge on any atom is 0.124 e. The molecule has 0 spiro atoms. The summed E-state index contributed by atoms with van der Waals surface area (Å²) >= 11 is 5.18. The quantitative estimate of drug-likeness (QED) is 0.745. The Balaban J connectivity index is 1.95. The molecule has 0 fully saturated rings. The Morgan fingerprint density at radius 1 is 1.21 bits per heavy atom. The van der Waals surface area contributed by atoms with Crippen LogP contribution >= 0.6 is 27.3 Å². The SMILES string of the molecule is CCCNCc1ccccc1OCc1ccc(Br)s1. The second-order valence-electron chi connectivity index (χ2n) is 4.28. The van der Waals surface area contributed by atoms with Gasteiger partial charge in [0.05, 0.1) is 3.79 Å². The van der Waals surface area contributed by atoms with Gasteiger partial charge in [0, 0.05) is 17.0 Å². The van der Waals surface area contributed by atoms with Gasteiger partial charge in [-0.2, -0.15) is 0 Å². The third-order valence-corrected chi connectivity index (χ3v) is 4.31. The van der Waals surface area contributed by atoms with Gasteiger partial charge in [0.15, 0.2) is 0 Å². The fraction of sp³-hybridized carbons (Fsp3) is 0.333. The van der Waals surface area contributed by atoms with Crippen molar-refractivity contribution in [1.82, 2.24) is 5.32 Å². The summed E-state index contributed by atoms with van der Waals surface area (Å²) in [6, 6.07) is 12.4. The third kappa shape index (κ3) is 4.64. The van der Waals surface area contributed by atoms with Gasteiger partial charge in [-0.1, -0.05) is 25.1 Å². The minimum Gasteiger partial charge on any atom is -0.488 e. The first-order valence-electron chi connectivity index (χ1n) is 6.45. The Labute approximate surface area is 126 Å². The topological polar surface area (TPSA) is 21.3 Å². The Morgan fingerprint density at radius 3 is 2.79 bits per heavy atom. The average molecular weight is 340 g/mol. The van der Waals surface area contributed by atoms with Gasteiger partial charge in [0.25, 0.3) is 0 Å². The lowest BCUT2D eigenvalue weighted by atomic mass is 10.2. The molecular weight excluding hydrogens is 322 g/mol. The van der Waals surface area contributed by atoms with Gasteiger partial charge in [-0.15, -0.1) is 11.3 Å². The number of hydrogen-bond donors (Lipinski definition) is 1. The average Bonchev–Trinajstić information content (AvgIpc) is 2.84. The van der Waals surface area contributed by atoms with Gasteiger partial charge in [-0.05, 0) is 47.1 Å². The molecule has 1 aromatic carbocycles. The van der Waals surface area contributed by atoms with Crippen molar-refractivity contribution in [3.63, 3.8) is 0 Å². The van der Waals surface area contributed by atoms with Gasteiger partial charge in [-0.3, -0.25) is 0 Å². The smallest absolute Gasteiger partial charge is 0.124 e. The first kappa shape index (κ1) is 14.6. The molecule has 19 heavy (non-hydrogen) atoms. The summed E-state index contributed by atoms with van der Waals surface area (Å²) in [4.78, 5) is 1.23. The molecule has 1 heterocycles. The molecular formula is C15H18BrNOS. The second-order valence-corrected chi connectivity index (χ2v) is 6.83. The fourth-order valence-electron chi connectivity index (χ4n) is 1.77. The summed E-state index contributed by atoms with van der Waals surface area (Å²) in [5, 5.41) is 3.41. The summed E-state index contributed by atoms with van der Waals surface area (Å²) < 4.78 is 7.06. The van der Waals surface area contributed by atoms with Crippen LogP contribution in [0.4, 0.5) is 0 Å². The summed E-state index contributed by atoms with van der Waals surface area (Å²) in [6.45, 7) is 4.69. The fourth-order valence-corrected chi connectivity index (χ4v) is 3.17. The van der Waals surface area contributed by atoms with E-state index in [4.69, 9.17) is 4.74 Å². The zero-order valence-corrected chi connectivity index (χ0v) is 13.4. The van der Waals surface area contributed by atoms with E-state index < -0.39 is 0 Å². The normalized spacial score (nSPS) is 10.6. The van der Waals surface area contributed by atoms with Crippen LogP contribution < -0.4 is 10.1 Å². The largest absolute Gasteiger partial charge is 0.488 e. The van der Waals surface area contributed by atoms with E-state index in [1.807, 2.05) is 12.1 Å². The summed E-state index contributed by atoms with van der Waals surface area (Å²) in [6.07, 6.45) is 1.15. The minimum absolute atomic E-state index is 0.626. The molecule has 2 aromatic rings. The molecule has 0 saturated carbocycles. The maximum atomic E-state index is 5.92. The van der Waals surface area contributed by atoms with Crippen molar-refractivity contribution >= 4 is 27.3 Å². The number of benzene rings is 1. The third-order valence-electron chi connectivity index (χ3n) is 2.71. The molecule has 0 radical (unpaired) electrons. The number of ether oxygens (including phenoxy) is 1.